The highest BCUT2D eigenvalue weighted by atomic mass is 15.1. The van der Waals surface area contributed by atoms with E-state index < -0.39 is 0 Å². The maximum Gasteiger partial charge on any atom is 0.0462 e. The molecule has 0 radical (unpaired) electrons. The number of hydrogen-bond donors (Lipinski definition) is 0. The molecule has 2 nitrogen and oxygen atoms in total. The molecule has 3 aliphatic carbocycles. The van der Waals surface area contributed by atoms with Gasteiger partial charge in [-0.3, -0.25) is 0 Å². The third kappa shape index (κ3) is 8.97. The fourth-order valence-electron chi connectivity index (χ4n) is 9.45. The summed E-state index contributed by atoms with van der Waals surface area (Å²) in [6, 6.07) is 68.1. The van der Waals surface area contributed by atoms with Gasteiger partial charge in [0.2, 0.25) is 0 Å². The lowest BCUT2D eigenvalue weighted by atomic mass is 9.76. The van der Waals surface area contributed by atoms with E-state index in [2.05, 4.69) is 255 Å². The van der Waals surface area contributed by atoms with E-state index >= 15 is 0 Å². The normalized spacial score (nSPS) is 18.8. The summed E-state index contributed by atoms with van der Waals surface area (Å²) in [5.74, 6) is 1.10. The Morgan fingerprint density at radius 3 is 1.72 bits per heavy atom. The predicted molar refractivity (Wildman–Crippen MR) is 276 cm³/mol. The largest absolute Gasteiger partial charge is 0.311 e. The van der Waals surface area contributed by atoms with Crippen LogP contribution in [0.25, 0.3) is 33.4 Å². The first-order chi connectivity index (χ1) is 31.9. The number of hydrogen-bond acceptors (Lipinski definition) is 2. The first kappa shape index (κ1) is 41.4. The minimum atomic E-state index is -0.180. The zero-order chi connectivity index (χ0) is 44.2. The summed E-state index contributed by atoms with van der Waals surface area (Å²) < 4.78 is 0. The van der Waals surface area contributed by atoms with E-state index in [0.717, 1.165) is 64.5 Å². The number of rotatable bonds is 11. The molecule has 65 heavy (non-hydrogen) atoms. The van der Waals surface area contributed by atoms with Crippen molar-refractivity contribution in [3.8, 4) is 22.3 Å². The molecule has 316 valence electrons. The van der Waals surface area contributed by atoms with Crippen molar-refractivity contribution in [2.75, 3.05) is 9.80 Å². The van der Waals surface area contributed by atoms with Crippen molar-refractivity contribution in [2.45, 2.75) is 45.4 Å². The lowest BCUT2D eigenvalue weighted by molar-refractivity contribution is 0.595. The molecule has 0 heterocycles. The van der Waals surface area contributed by atoms with Crippen molar-refractivity contribution < 1.29 is 0 Å². The number of benzene rings is 6. The molecule has 3 aliphatic rings. The summed E-state index contributed by atoms with van der Waals surface area (Å²) in [6.07, 6.45) is 23.8. The van der Waals surface area contributed by atoms with Gasteiger partial charge in [-0.1, -0.05) is 179 Å². The molecule has 0 bridgehead atoms. The van der Waals surface area contributed by atoms with Crippen molar-refractivity contribution in [3.05, 3.63) is 259 Å². The van der Waals surface area contributed by atoms with Gasteiger partial charge in [-0.05, 0) is 154 Å². The van der Waals surface area contributed by atoms with Crippen LogP contribution in [0.4, 0.5) is 28.4 Å². The Bertz CT molecular complexity index is 2850. The fraction of sp³-hybridized carbons (Fsp3) is 0.143. The van der Waals surface area contributed by atoms with E-state index in [1.165, 1.54) is 39.0 Å². The lowest BCUT2D eigenvalue weighted by Crippen LogP contribution is -2.24. The standard InChI is InChI=1S/C63H54N2/c1-46-12-10-18-54(44-46)52-24-34-57(35-25-52)64(58-36-26-53(27-37-58)55-19-11-13-47(2)45-55)61-38-28-56(29-39-61)63(3)42-40-62(41-43-63)65(59-30-20-50(21-31-59)48-14-6-4-7-15-48)60-32-22-51(23-33-60)49-16-8-5-9-17-49/h4-8,10-12,14-16,18-42,45-47H,13,43-44H2,1-3H3. The molecule has 0 spiro atoms. The van der Waals surface area contributed by atoms with Crippen LogP contribution in [-0.4, -0.2) is 0 Å². The molecular formula is C63H54N2. The van der Waals surface area contributed by atoms with E-state index in [0.29, 0.717) is 11.8 Å². The third-order valence-corrected chi connectivity index (χ3v) is 13.2. The quantitative estimate of drug-likeness (QED) is 0.128. The van der Waals surface area contributed by atoms with Gasteiger partial charge in [0.25, 0.3) is 0 Å². The van der Waals surface area contributed by atoms with Crippen LogP contribution in [0.15, 0.2) is 230 Å². The van der Waals surface area contributed by atoms with Crippen molar-refractivity contribution in [3.63, 3.8) is 0 Å². The van der Waals surface area contributed by atoms with Crippen LogP contribution >= 0.6 is 0 Å². The average Bonchev–Trinajstić information content (AvgIpc) is 3.36. The molecule has 0 aliphatic heterocycles. The highest BCUT2D eigenvalue weighted by molar-refractivity contribution is 5.82. The third-order valence-electron chi connectivity index (χ3n) is 13.2. The van der Waals surface area contributed by atoms with Gasteiger partial charge in [-0.25, -0.2) is 0 Å². The van der Waals surface area contributed by atoms with E-state index in [1.807, 2.05) is 12.1 Å². The molecule has 0 fully saturated rings. The van der Waals surface area contributed by atoms with E-state index in [9.17, 15) is 0 Å². The highest BCUT2D eigenvalue weighted by Crippen LogP contribution is 2.42. The van der Waals surface area contributed by atoms with Gasteiger partial charge < -0.3 is 9.80 Å². The summed E-state index contributed by atoms with van der Waals surface area (Å²) in [5, 5.41) is 0. The molecule has 7 aromatic rings. The smallest absolute Gasteiger partial charge is 0.0462 e. The lowest BCUT2D eigenvalue weighted by Gasteiger charge is -2.34. The Morgan fingerprint density at radius 1 is 0.554 bits per heavy atom. The zero-order valence-electron chi connectivity index (χ0n) is 37.5. The molecular weight excluding hydrogens is 785 g/mol. The minimum absolute atomic E-state index is 0.180. The van der Waals surface area contributed by atoms with Gasteiger partial charge in [0.05, 0.1) is 0 Å². The fourth-order valence-corrected chi connectivity index (χ4v) is 9.45. The second-order valence-electron chi connectivity index (χ2n) is 18.1. The van der Waals surface area contributed by atoms with Gasteiger partial charge in [0.15, 0.2) is 0 Å². The number of anilines is 5. The van der Waals surface area contributed by atoms with Crippen LogP contribution in [0.2, 0.25) is 0 Å². The Labute approximate surface area is 386 Å². The van der Waals surface area contributed by atoms with Gasteiger partial charge >= 0.3 is 0 Å². The van der Waals surface area contributed by atoms with Crippen LogP contribution < -0.4 is 9.80 Å². The van der Waals surface area contributed by atoms with Crippen molar-refractivity contribution in [1.29, 1.82) is 0 Å². The Hall–Kier alpha value is -7.60. The van der Waals surface area contributed by atoms with Crippen LogP contribution in [0, 0.1) is 24.0 Å². The van der Waals surface area contributed by atoms with Crippen LogP contribution in [-0.2, 0) is 5.41 Å². The molecule has 2 heteroatoms. The Balaban J connectivity index is 0.942. The van der Waals surface area contributed by atoms with Gasteiger partial charge in [0, 0.05) is 45.1 Å². The first-order valence-electron chi connectivity index (χ1n) is 23.1. The summed E-state index contributed by atoms with van der Waals surface area (Å²) in [4.78, 5) is 4.76. The molecule has 0 amide bonds. The van der Waals surface area contributed by atoms with Gasteiger partial charge in [-0.2, -0.15) is 0 Å². The maximum absolute atomic E-state index is 3.26. The Morgan fingerprint density at radius 2 is 1.14 bits per heavy atom. The van der Waals surface area contributed by atoms with Crippen LogP contribution in [0.1, 0.15) is 56.7 Å². The van der Waals surface area contributed by atoms with Crippen LogP contribution in [0.5, 0.6) is 0 Å². The zero-order valence-corrected chi connectivity index (χ0v) is 37.5. The molecule has 10 rings (SSSR count). The molecule has 0 N–H and O–H groups in total. The van der Waals surface area contributed by atoms with E-state index in [1.54, 1.807) is 0 Å². The second-order valence-corrected chi connectivity index (χ2v) is 18.1. The predicted octanol–water partition coefficient (Wildman–Crippen LogP) is 17.0. The summed E-state index contributed by atoms with van der Waals surface area (Å²) in [7, 11) is 0. The van der Waals surface area contributed by atoms with Crippen molar-refractivity contribution >= 4 is 39.6 Å². The Kier molecular flexibility index (Phi) is 11.6. The average molecular weight is 839 g/mol. The minimum Gasteiger partial charge on any atom is -0.311 e. The summed E-state index contributed by atoms with van der Waals surface area (Å²) in [5.41, 5.74) is 17.7. The molecule has 0 saturated heterocycles. The van der Waals surface area contributed by atoms with Gasteiger partial charge in [-0.15, -0.1) is 0 Å². The molecule has 0 saturated carbocycles. The monoisotopic (exact) mass is 838 g/mol. The van der Waals surface area contributed by atoms with E-state index in [-0.39, 0.29) is 5.41 Å². The molecule has 7 aromatic carbocycles. The molecule has 3 unspecified atom stereocenters. The summed E-state index contributed by atoms with van der Waals surface area (Å²) in [6.45, 7) is 6.93. The number of nitrogens with zero attached hydrogens (tertiary/aromatic N) is 2. The van der Waals surface area contributed by atoms with Crippen molar-refractivity contribution in [2.24, 2.45) is 11.8 Å². The maximum atomic E-state index is 3.26. The van der Waals surface area contributed by atoms with Crippen molar-refractivity contribution in [1.82, 2.24) is 0 Å². The molecule has 0 aromatic heterocycles. The molecule has 3 atom stereocenters. The summed E-state index contributed by atoms with van der Waals surface area (Å²) >= 11 is 0. The van der Waals surface area contributed by atoms with E-state index in [4.69, 9.17) is 0 Å². The second kappa shape index (κ2) is 18.2. The number of allylic oxidation sites excluding steroid dienone is 11. The van der Waals surface area contributed by atoms with Crippen LogP contribution in [0.3, 0.4) is 0 Å². The highest BCUT2D eigenvalue weighted by Gasteiger charge is 2.28. The SMILES string of the molecule is CC1C=C(c2ccc(N(c3ccc(C4=CC=CC(C)C4)cc3)c3ccc(C4(C)C=CC(N(c5ccc(-c6c#cccc6)cc5)c5ccc(-c6ccccc6)cc5)=CC4)cc3)cc2)C=CC1. The first-order valence-corrected chi connectivity index (χ1v) is 23.1. The topological polar surface area (TPSA) is 6.48 Å². The van der Waals surface area contributed by atoms with Gasteiger partial charge in [0.1, 0.15) is 0 Å².